The molecular formula is C44H52N4O11. The number of methoxy groups -OCH3 is 2. The molecule has 5 rings (SSSR count). The van der Waals surface area contributed by atoms with E-state index in [9.17, 15) is 29.1 Å². The van der Waals surface area contributed by atoms with Crippen molar-refractivity contribution in [3.63, 3.8) is 0 Å². The van der Waals surface area contributed by atoms with Gasteiger partial charge in [0.25, 0.3) is 5.91 Å². The number of rotatable bonds is 6. The number of aliphatic hydroxyl groups excluding tert-OH is 1. The van der Waals surface area contributed by atoms with E-state index in [1.165, 1.54) is 39.4 Å². The minimum atomic E-state index is -1.03. The Kier molecular flexibility index (Phi) is 15.2. The Labute approximate surface area is 342 Å². The van der Waals surface area contributed by atoms with Crippen LogP contribution in [0.15, 0.2) is 92.0 Å². The number of para-hydroxylation sites is 1. The summed E-state index contributed by atoms with van der Waals surface area (Å²) in [6, 6.07) is 6.59. The second kappa shape index (κ2) is 20.3. The van der Waals surface area contributed by atoms with Crippen LogP contribution in [0, 0.1) is 23.7 Å². The highest BCUT2D eigenvalue weighted by Crippen LogP contribution is 2.29. The Morgan fingerprint density at radius 1 is 1.10 bits per heavy atom. The molecule has 314 valence electrons. The van der Waals surface area contributed by atoms with Crippen LogP contribution in [0.2, 0.25) is 0 Å². The Bertz CT molecular complexity index is 2220. The van der Waals surface area contributed by atoms with E-state index in [-0.39, 0.29) is 53.3 Å². The van der Waals surface area contributed by atoms with Gasteiger partial charge in [0.1, 0.15) is 6.10 Å². The number of hydrogen-bond acceptors (Lipinski definition) is 13. The number of nitrogens with zero attached hydrogens (tertiary/aromatic N) is 1. The van der Waals surface area contributed by atoms with Gasteiger partial charge in [-0.2, -0.15) is 0 Å². The second-order valence-corrected chi connectivity index (χ2v) is 14.8. The lowest BCUT2D eigenvalue weighted by atomic mass is 9.85. The van der Waals surface area contributed by atoms with Crippen LogP contribution in [0.4, 0.5) is 10.7 Å². The number of ketones is 2. The predicted molar refractivity (Wildman–Crippen MR) is 220 cm³/mol. The molecular weight excluding hydrogens is 761 g/mol. The van der Waals surface area contributed by atoms with E-state index in [0.29, 0.717) is 54.3 Å². The molecule has 59 heavy (non-hydrogen) atoms. The number of nitrogens with one attached hydrogen (secondary N) is 2. The van der Waals surface area contributed by atoms with Gasteiger partial charge in [-0.1, -0.05) is 56.1 Å². The number of ether oxygens (including phenoxy) is 4. The van der Waals surface area contributed by atoms with E-state index in [1.807, 2.05) is 11.8 Å². The molecule has 5 N–H and O–H groups in total. The molecule has 2 amide bonds. The van der Waals surface area contributed by atoms with Crippen molar-refractivity contribution in [2.24, 2.45) is 17.6 Å². The van der Waals surface area contributed by atoms with Crippen LogP contribution in [-0.4, -0.2) is 100 Å². The standard InChI is InChI=1S/C44H52N4O11/c1-25-20-31-38(46-15-9-12-29-11-8-13-30-33(49)24-37(58-42(29)30)48-16-18-57-19-17-48)34(50)23-32(40(31)52)47-43(53)26(2)10-7-14-35(55-5)41(59-44(45)54)28(4)22-27(3)39(51)36(21-25)56-6/h7-8,10-11,13-14,22-25,27,35-36,39,41,46,51H,15-21H2,1-6H3,(H2,45,54)(H,47,53)/b14-7-,26-10+,28-22+/t25-,27+,35+,36+,39-,41+/m1/s1. The first-order valence-electron chi connectivity index (χ1n) is 19.4. The van der Waals surface area contributed by atoms with Crippen LogP contribution >= 0.6 is 0 Å². The molecule has 1 saturated heterocycles. The highest BCUT2D eigenvalue weighted by Gasteiger charge is 2.33. The molecule has 0 unspecified atom stereocenters. The molecule has 0 spiro atoms. The number of amides is 2. The predicted octanol–water partition coefficient (Wildman–Crippen LogP) is 3.35. The second-order valence-electron chi connectivity index (χ2n) is 14.8. The molecule has 1 fully saturated rings. The summed E-state index contributed by atoms with van der Waals surface area (Å²) in [5.74, 6) is 3.94. The van der Waals surface area contributed by atoms with Crippen LogP contribution in [0.3, 0.4) is 0 Å². The number of benzene rings is 1. The Hall–Kier alpha value is -5.79. The number of primary amides is 1. The van der Waals surface area contributed by atoms with Gasteiger partial charge in [-0.15, -0.1) is 0 Å². The summed E-state index contributed by atoms with van der Waals surface area (Å²) in [4.78, 5) is 68.0. The molecule has 0 radical (unpaired) electrons. The van der Waals surface area contributed by atoms with Crippen molar-refractivity contribution in [3.05, 3.63) is 98.5 Å². The van der Waals surface area contributed by atoms with E-state index >= 15 is 0 Å². The van der Waals surface area contributed by atoms with E-state index in [0.717, 1.165) is 6.08 Å². The fraction of sp³-hybridized carbons (Fsp3) is 0.432. The number of Topliss-reactive ketones (excluding diaryl/α,β-unsaturated/α-hetero) is 1. The molecule has 3 heterocycles. The van der Waals surface area contributed by atoms with Gasteiger partial charge in [-0.05, 0) is 50.3 Å². The lowest BCUT2D eigenvalue weighted by Gasteiger charge is -2.30. The number of allylic oxidation sites excluding steroid dienone is 4. The largest absolute Gasteiger partial charge is 0.439 e. The highest BCUT2D eigenvalue weighted by molar-refractivity contribution is 6.23. The molecule has 1 aliphatic carbocycles. The summed E-state index contributed by atoms with van der Waals surface area (Å²) in [6.07, 6.45) is 3.26. The van der Waals surface area contributed by atoms with E-state index in [4.69, 9.17) is 29.1 Å². The fourth-order valence-electron chi connectivity index (χ4n) is 7.25. The minimum absolute atomic E-state index is 0.0295. The molecule has 2 aromatic rings. The summed E-state index contributed by atoms with van der Waals surface area (Å²) >= 11 is 0. The third kappa shape index (κ3) is 11.0. The van der Waals surface area contributed by atoms with Crippen LogP contribution < -0.4 is 26.7 Å². The maximum Gasteiger partial charge on any atom is 0.405 e. The van der Waals surface area contributed by atoms with Gasteiger partial charge in [-0.25, -0.2) is 4.79 Å². The fourth-order valence-corrected chi connectivity index (χ4v) is 7.25. The molecule has 15 heteroatoms. The zero-order valence-electron chi connectivity index (χ0n) is 34.2. The summed E-state index contributed by atoms with van der Waals surface area (Å²) in [5.41, 5.74) is 6.74. The van der Waals surface area contributed by atoms with E-state index in [2.05, 4.69) is 22.5 Å². The average Bonchev–Trinajstić information content (AvgIpc) is 3.21. The van der Waals surface area contributed by atoms with Crippen molar-refractivity contribution in [1.82, 2.24) is 10.6 Å². The number of carbonyl (C=O) groups excluding carboxylic acids is 4. The maximum atomic E-state index is 14.1. The van der Waals surface area contributed by atoms with Crippen molar-refractivity contribution >= 4 is 40.4 Å². The Morgan fingerprint density at radius 2 is 1.85 bits per heavy atom. The lowest BCUT2D eigenvalue weighted by molar-refractivity contribution is -0.120. The van der Waals surface area contributed by atoms with Crippen molar-refractivity contribution in [1.29, 1.82) is 0 Å². The van der Waals surface area contributed by atoms with Gasteiger partial charge in [0, 0.05) is 56.5 Å². The van der Waals surface area contributed by atoms with E-state index in [1.54, 1.807) is 44.2 Å². The van der Waals surface area contributed by atoms with Crippen molar-refractivity contribution in [2.75, 3.05) is 52.0 Å². The van der Waals surface area contributed by atoms with Crippen LogP contribution in [0.5, 0.6) is 0 Å². The van der Waals surface area contributed by atoms with Gasteiger partial charge < -0.3 is 49.7 Å². The van der Waals surface area contributed by atoms with Gasteiger partial charge in [0.2, 0.25) is 11.6 Å². The number of anilines is 1. The molecule has 2 bridgehead atoms. The van der Waals surface area contributed by atoms with Gasteiger partial charge >= 0.3 is 6.09 Å². The third-order valence-corrected chi connectivity index (χ3v) is 10.4. The minimum Gasteiger partial charge on any atom is -0.439 e. The normalized spacial score (nSPS) is 27.3. The summed E-state index contributed by atoms with van der Waals surface area (Å²) < 4.78 is 28.4. The van der Waals surface area contributed by atoms with Crippen molar-refractivity contribution < 1.29 is 47.6 Å². The molecule has 1 aromatic carbocycles. The van der Waals surface area contributed by atoms with Crippen LogP contribution in [0.1, 0.15) is 46.1 Å². The number of aliphatic hydroxyl groups is 1. The topological polar surface area (TPSA) is 209 Å². The number of carbonyl (C=O) groups is 4. The van der Waals surface area contributed by atoms with Crippen molar-refractivity contribution in [2.45, 2.75) is 65.0 Å². The Morgan fingerprint density at radius 3 is 2.54 bits per heavy atom. The molecule has 1 aromatic heterocycles. The Balaban J connectivity index is 1.46. The third-order valence-electron chi connectivity index (χ3n) is 10.4. The first-order valence-corrected chi connectivity index (χ1v) is 19.4. The SMILES string of the molecule is CO[C@H]1/C=C\C=C(/C)C(=O)NC2=CC(=O)C(NCC#Cc3cccc4c(=O)cc(N5CCOCC5)oc34)=C(C[C@@H](C)C[C@H](OC)[C@H](O)[C@@H](C)/C=C(\C)[C@@H]1OC(N)=O)C2=O. The summed E-state index contributed by atoms with van der Waals surface area (Å²) in [7, 11) is 2.90. The highest BCUT2D eigenvalue weighted by atomic mass is 16.6. The van der Waals surface area contributed by atoms with Gasteiger partial charge in [-0.3, -0.25) is 19.2 Å². The number of fused-ring (bicyclic) bond motifs is 3. The lowest BCUT2D eigenvalue weighted by Crippen LogP contribution is -2.38. The first-order chi connectivity index (χ1) is 28.2. The van der Waals surface area contributed by atoms with Crippen molar-refractivity contribution in [3.8, 4) is 11.8 Å². The van der Waals surface area contributed by atoms with Gasteiger partial charge in [0.05, 0.1) is 54.3 Å². The quantitative estimate of drug-likeness (QED) is 0.188. The summed E-state index contributed by atoms with van der Waals surface area (Å²) in [5, 5.41) is 17.5. The molecule has 0 saturated carbocycles. The van der Waals surface area contributed by atoms with E-state index < -0.39 is 53.9 Å². The molecule has 3 aliphatic rings. The van der Waals surface area contributed by atoms with Crippen LogP contribution in [0.25, 0.3) is 11.0 Å². The smallest absolute Gasteiger partial charge is 0.405 e. The monoisotopic (exact) mass is 812 g/mol. The number of nitrogens with two attached hydrogens (primary N) is 1. The number of morpholine rings is 1. The zero-order valence-corrected chi connectivity index (χ0v) is 34.2. The maximum absolute atomic E-state index is 14.1. The number of hydrogen-bond donors (Lipinski definition) is 4. The zero-order chi connectivity index (χ0) is 42.8. The average molecular weight is 813 g/mol. The first kappa shape index (κ1) is 44.3. The summed E-state index contributed by atoms with van der Waals surface area (Å²) in [6.45, 7) is 9.05. The molecule has 6 atom stereocenters. The molecule has 15 nitrogen and oxygen atoms in total. The molecule has 2 aliphatic heterocycles. The van der Waals surface area contributed by atoms with Crippen LogP contribution in [-0.2, 0) is 33.3 Å². The van der Waals surface area contributed by atoms with Gasteiger partial charge in [0.15, 0.2) is 23.0 Å².